The van der Waals surface area contributed by atoms with E-state index in [0.717, 1.165) is 43.5 Å². The lowest BCUT2D eigenvalue weighted by molar-refractivity contribution is -0.132. The molecule has 3 fully saturated rings. The number of carbonyl (C=O) groups is 1. The quantitative estimate of drug-likeness (QED) is 0.810. The van der Waals surface area contributed by atoms with Crippen LogP contribution in [0.3, 0.4) is 0 Å². The molecule has 1 aromatic carbocycles. The van der Waals surface area contributed by atoms with Crippen molar-refractivity contribution in [1.82, 2.24) is 19.4 Å². The van der Waals surface area contributed by atoms with E-state index in [1.54, 1.807) is 0 Å². The number of fused-ring (bicyclic) bond motifs is 2. The maximum atomic E-state index is 12.9. The minimum absolute atomic E-state index is 0.0668. The molecule has 0 saturated carbocycles. The van der Waals surface area contributed by atoms with Crippen LogP contribution in [0.5, 0.6) is 0 Å². The summed E-state index contributed by atoms with van der Waals surface area (Å²) >= 11 is 0. The van der Waals surface area contributed by atoms with Crippen LogP contribution < -0.4 is 0 Å². The van der Waals surface area contributed by atoms with Gasteiger partial charge in [-0.3, -0.25) is 4.79 Å². The smallest absolute Gasteiger partial charge is 0.224 e. The Morgan fingerprint density at radius 1 is 1.37 bits per heavy atom. The second-order valence-corrected chi connectivity index (χ2v) is 8.74. The number of aryl methyl sites for hydroxylation is 1. The van der Waals surface area contributed by atoms with Gasteiger partial charge in [-0.2, -0.15) is 0 Å². The molecular formula is C21H28N4O2. The number of ether oxygens (including phenoxy) is 1. The summed E-state index contributed by atoms with van der Waals surface area (Å²) in [5.74, 6) is 1.30. The summed E-state index contributed by atoms with van der Waals surface area (Å²) in [7, 11) is 4.26. The van der Waals surface area contributed by atoms with Gasteiger partial charge in [-0.15, -0.1) is 0 Å². The van der Waals surface area contributed by atoms with Crippen molar-refractivity contribution >= 4 is 16.9 Å². The summed E-state index contributed by atoms with van der Waals surface area (Å²) in [6.07, 6.45) is 5.02. The summed E-state index contributed by atoms with van der Waals surface area (Å²) in [6, 6.07) is 8.08. The number of amides is 1. The summed E-state index contributed by atoms with van der Waals surface area (Å²) in [4.78, 5) is 21.7. The van der Waals surface area contributed by atoms with Crippen molar-refractivity contribution in [3.05, 3.63) is 30.6 Å². The van der Waals surface area contributed by atoms with Crippen molar-refractivity contribution in [3.8, 4) is 0 Å². The van der Waals surface area contributed by atoms with E-state index in [2.05, 4.69) is 39.5 Å². The number of carbonyl (C=O) groups excluding carboxylic acids is 1. The van der Waals surface area contributed by atoms with Gasteiger partial charge in [0.15, 0.2) is 0 Å². The maximum absolute atomic E-state index is 12.9. The molecule has 5 rings (SSSR count). The molecule has 4 heterocycles. The van der Waals surface area contributed by atoms with E-state index in [9.17, 15) is 4.79 Å². The van der Waals surface area contributed by atoms with Gasteiger partial charge in [0.2, 0.25) is 5.91 Å². The largest absolute Gasteiger partial charge is 0.369 e. The van der Waals surface area contributed by atoms with Crippen LogP contribution in [0.25, 0.3) is 11.0 Å². The molecule has 0 radical (unpaired) electrons. The van der Waals surface area contributed by atoms with Gasteiger partial charge >= 0.3 is 0 Å². The lowest BCUT2D eigenvalue weighted by Crippen LogP contribution is -2.40. The van der Waals surface area contributed by atoms with Crippen molar-refractivity contribution in [2.45, 2.75) is 37.5 Å². The number of hydrogen-bond acceptors (Lipinski definition) is 4. The van der Waals surface area contributed by atoms with Crippen LogP contribution in [-0.2, 0) is 16.1 Å². The highest BCUT2D eigenvalue weighted by Gasteiger charge is 2.63. The van der Waals surface area contributed by atoms with Gasteiger partial charge in [0, 0.05) is 37.9 Å². The van der Waals surface area contributed by atoms with Crippen molar-refractivity contribution in [1.29, 1.82) is 0 Å². The van der Waals surface area contributed by atoms with Crippen molar-refractivity contribution in [3.63, 3.8) is 0 Å². The van der Waals surface area contributed by atoms with E-state index in [1.807, 2.05) is 24.5 Å². The first-order valence-corrected chi connectivity index (χ1v) is 10.1. The Kier molecular flexibility index (Phi) is 4.02. The highest BCUT2D eigenvalue weighted by atomic mass is 16.5. The van der Waals surface area contributed by atoms with Gasteiger partial charge in [-0.1, -0.05) is 12.1 Å². The molecule has 2 aromatic rings. The predicted octanol–water partition coefficient (Wildman–Crippen LogP) is 1.99. The zero-order valence-corrected chi connectivity index (χ0v) is 16.2. The van der Waals surface area contributed by atoms with Gasteiger partial charge < -0.3 is 19.1 Å². The zero-order valence-electron chi connectivity index (χ0n) is 16.2. The summed E-state index contributed by atoms with van der Waals surface area (Å²) < 4.78 is 8.53. The Bertz CT molecular complexity index is 863. The Labute approximate surface area is 160 Å². The van der Waals surface area contributed by atoms with Gasteiger partial charge in [0.05, 0.1) is 35.6 Å². The van der Waals surface area contributed by atoms with Crippen LogP contribution in [0.4, 0.5) is 0 Å². The van der Waals surface area contributed by atoms with E-state index < -0.39 is 0 Å². The molecule has 27 heavy (non-hydrogen) atoms. The van der Waals surface area contributed by atoms with Crippen LogP contribution in [0.1, 0.15) is 19.3 Å². The number of hydrogen-bond donors (Lipinski definition) is 0. The molecule has 1 spiro atoms. The second-order valence-electron chi connectivity index (χ2n) is 8.74. The molecule has 144 valence electrons. The first-order chi connectivity index (χ1) is 13.1. The van der Waals surface area contributed by atoms with Crippen LogP contribution >= 0.6 is 0 Å². The number of benzene rings is 1. The Morgan fingerprint density at radius 3 is 3.07 bits per heavy atom. The lowest BCUT2D eigenvalue weighted by atomic mass is 9.73. The molecular weight excluding hydrogens is 340 g/mol. The highest BCUT2D eigenvalue weighted by Crippen LogP contribution is 2.54. The zero-order chi connectivity index (χ0) is 18.6. The van der Waals surface area contributed by atoms with E-state index in [0.29, 0.717) is 30.9 Å². The Balaban J connectivity index is 1.26. The summed E-state index contributed by atoms with van der Waals surface area (Å²) in [5.41, 5.74) is 2.01. The van der Waals surface area contributed by atoms with E-state index in [1.165, 1.54) is 0 Å². The maximum Gasteiger partial charge on any atom is 0.224 e. The number of para-hydroxylation sites is 2. The third-order valence-corrected chi connectivity index (χ3v) is 6.81. The molecule has 6 heteroatoms. The Morgan fingerprint density at radius 2 is 2.22 bits per heavy atom. The normalized spacial score (nSPS) is 32.0. The van der Waals surface area contributed by atoms with Crippen molar-refractivity contribution < 1.29 is 9.53 Å². The molecule has 3 saturated heterocycles. The summed E-state index contributed by atoms with van der Waals surface area (Å²) in [5, 5.41) is 0. The molecule has 4 atom stereocenters. The number of rotatable bonds is 5. The number of imidazole rings is 1. The SMILES string of the molecule is CN(C)C[C@H]1[C@H]2CN(C(=O)CCn3cnc4ccccc43)C[C@]23CC[C@H]1O3. The number of aromatic nitrogens is 2. The summed E-state index contributed by atoms with van der Waals surface area (Å²) in [6.45, 7) is 3.37. The van der Waals surface area contributed by atoms with Crippen molar-refractivity contribution in [2.75, 3.05) is 33.7 Å². The third kappa shape index (κ3) is 2.77. The molecule has 1 amide bonds. The number of nitrogens with zero attached hydrogens (tertiary/aromatic N) is 4. The standard InChI is InChI=1S/C21H28N4O2/c1-23(2)11-15-16-12-25(13-21(16)9-7-19(15)27-21)20(26)8-10-24-14-22-17-5-3-4-6-18(17)24/h3-6,14-16,19H,7-13H2,1-2H3/t15-,16+,19+,21+/m0/s1. The second kappa shape index (κ2) is 6.31. The highest BCUT2D eigenvalue weighted by molar-refractivity contribution is 5.78. The lowest BCUT2D eigenvalue weighted by Gasteiger charge is -2.30. The van der Waals surface area contributed by atoms with Crippen LogP contribution in [0, 0.1) is 11.8 Å². The molecule has 3 aliphatic heterocycles. The molecule has 2 bridgehead atoms. The van der Waals surface area contributed by atoms with Crippen molar-refractivity contribution in [2.24, 2.45) is 11.8 Å². The van der Waals surface area contributed by atoms with Gasteiger partial charge in [-0.05, 0) is 39.1 Å². The fraction of sp³-hybridized carbons (Fsp3) is 0.619. The molecule has 1 aromatic heterocycles. The van der Waals surface area contributed by atoms with Crippen LogP contribution in [-0.4, -0.2) is 70.7 Å². The topological polar surface area (TPSA) is 50.6 Å². The fourth-order valence-electron chi connectivity index (χ4n) is 5.61. The van der Waals surface area contributed by atoms with E-state index >= 15 is 0 Å². The average Bonchev–Trinajstić information content (AvgIpc) is 3.39. The van der Waals surface area contributed by atoms with Gasteiger partial charge in [-0.25, -0.2) is 4.98 Å². The van der Waals surface area contributed by atoms with Gasteiger partial charge in [0.1, 0.15) is 0 Å². The molecule has 6 nitrogen and oxygen atoms in total. The van der Waals surface area contributed by atoms with E-state index in [4.69, 9.17) is 4.74 Å². The monoisotopic (exact) mass is 368 g/mol. The average molecular weight is 368 g/mol. The molecule has 0 aliphatic carbocycles. The molecule has 0 N–H and O–H groups in total. The fourth-order valence-corrected chi connectivity index (χ4v) is 5.61. The number of likely N-dealkylation sites (tertiary alicyclic amines) is 1. The molecule has 0 unspecified atom stereocenters. The first-order valence-electron chi connectivity index (χ1n) is 10.1. The third-order valence-electron chi connectivity index (χ3n) is 6.81. The van der Waals surface area contributed by atoms with Crippen LogP contribution in [0.15, 0.2) is 30.6 Å². The minimum Gasteiger partial charge on any atom is -0.369 e. The Hall–Kier alpha value is -1.92. The molecule has 3 aliphatic rings. The van der Waals surface area contributed by atoms with Gasteiger partial charge in [0.25, 0.3) is 0 Å². The van der Waals surface area contributed by atoms with E-state index in [-0.39, 0.29) is 11.5 Å². The first kappa shape index (κ1) is 17.2. The predicted molar refractivity (Wildman–Crippen MR) is 103 cm³/mol. The van der Waals surface area contributed by atoms with Crippen LogP contribution in [0.2, 0.25) is 0 Å². The minimum atomic E-state index is -0.0668.